The summed E-state index contributed by atoms with van der Waals surface area (Å²) in [5.41, 5.74) is 8.29. The molecule has 0 bridgehead atoms. The molecule has 9 rings (SSSR count). The number of aromatic nitrogens is 1. The summed E-state index contributed by atoms with van der Waals surface area (Å²) in [6, 6.07) is 44.9. The fraction of sp³-hybridized carbons (Fsp3) is 0.0513. The topological polar surface area (TPSA) is 41.9 Å². The Labute approximate surface area is 252 Å². The maximum atomic E-state index is 9.55. The van der Waals surface area contributed by atoms with Crippen LogP contribution in [0.5, 0.6) is 0 Å². The van der Waals surface area contributed by atoms with Crippen LogP contribution in [-0.2, 0) is 0 Å². The second kappa shape index (κ2) is 9.87. The minimum Gasteiger partial charge on any atom is -0.456 e. The minimum absolute atomic E-state index is 0.688. The largest absolute Gasteiger partial charge is 0.456 e. The monoisotopic (exact) mass is 570 g/mol. The molecule has 0 atom stereocenters. The molecule has 0 radical (unpaired) electrons. The summed E-state index contributed by atoms with van der Waals surface area (Å²) in [4.78, 5) is 0. The van der Waals surface area contributed by atoms with Gasteiger partial charge < -0.3 is 8.98 Å². The van der Waals surface area contributed by atoms with Crippen LogP contribution in [0.25, 0.3) is 80.7 Å². The van der Waals surface area contributed by atoms with Crippen LogP contribution in [0, 0.1) is 11.3 Å². The van der Waals surface area contributed by atoms with Crippen LogP contribution in [0.15, 0.2) is 126 Å². The van der Waals surface area contributed by atoms with E-state index in [-0.39, 0.29) is 0 Å². The molecule has 43 heavy (non-hydrogen) atoms. The van der Waals surface area contributed by atoms with Gasteiger partial charge in [0.2, 0.25) is 0 Å². The van der Waals surface area contributed by atoms with Crippen LogP contribution in [0.3, 0.4) is 0 Å². The van der Waals surface area contributed by atoms with Crippen molar-refractivity contribution in [1.29, 1.82) is 5.26 Å². The van der Waals surface area contributed by atoms with Gasteiger partial charge in [0.15, 0.2) is 0 Å². The molecule has 0 N–H and O–H groups in total. The van der Waals surface area contributed by atoms with E-state index in [0.717, 1.165) is 38.5 Å². The molecule has 0 saturated carbocycles. The quantitative estimate of drug-likeness (QED) is 0.207. The van der Waals surface area contributed by atoms with E-state index >= 15 is 0 Å². The van der Waals surface area contributed by atoms with E-state index in [4.69, 9.17) is 4.42 Å². The Hall–Kier alpha value is -5.37. The van der Waals surface area contributed by atoms with Crippen LogP contribution < -0.4 is 0 Å². The fourth-order valence-corrected chi connectivity index (χ4v) is 7.52. The Morgan fingerprint density at radius 1 is 0.605 bits per heavy atom. The molecule has 4 heteroatoms. The standard InChI is InChI=1S/C37H20N2OS.C2H6/c38-21-22-12-17-35-30(18-22)37-25(8-5-11-36(37)41-35)23-13-15-32-28(19-23)26-6-1-3-9-31(26)39(32)24-14-16-34-29(20-24)27-7-2-4-10-33(27)40-34;1-2/h1-20H;1-2H3. The van der Waals surface area contributed by atoms with Gasteiger partial charge in [0.05, 0.1) is 22.7 Å². The number of nitrogens with zero attached hydrogens (tertiary/aromatic N) is 2. The lowest BCUT2D eigenvalue weighted by atomic mass is 9.97. The molecule has 0 aliphatic heterocycles. The fourth-order valence-electron chi connectivity index (χ4n) is 6.41. The summed E-state index contributed by atoms with van der Waals surface area (Å²) in [5, 5.41) is 16.6. The van der Waals surface area contributed by atoms with Gasteiger partial charge in [-0.1, -0.05) is 68.4 Å². The highest BCUT2D eigenvalue weighted by Crippen LogP contribution is 2.42. The van der Waals surface area contributed by atoms with Crippen molar-refractivity contribution < 1.29 is 4.42 Å². The number of hydrogen-bond donors (Lipinski definition) is 0. The van der Waals surface area contributed by atoms with Crippen molar-refractivity contribution in [3.8, 4) is 22.9 Å². The van der Waals surface area contributed by atoms with Crippen molar-refractivity contribution in [1.82, 2.24) is 4.57 Å². The second-order valence-corrected chi connectivity index (χ2v) is 11.6. The minimum atomic E-state index is 0.688. The Kier molecular flexibility index (Phi) is 5.82. The molecule has 6 aromatic carbocycles. The summed E-state index contributed by atoms with van der Waals surface area (Å²) in [5.74, 6) is 0. The Morgan fingerprint density at radius 2 is 1.40 bits per heavy atom. The van der Waals surface area contributed by atoms with E-state index in [9.17, 15) is 5.26 Å². The van der Waals surface area contributed by atoms with E-state index in [1.807, 2.05) is 38.1 Å². The molecule has 0 aliphatic rings. The molecular formula is C39H26N2OS. The zero-order chi connectivity index (χ0) is 29.1. The number of benzene rings is 6. The summed E-state index contributed by atoms with van der Waals surface area (Å²) in [6.07, 6.45) is 0. The van der Waals surface area contributed by atoms with Gasteiger partial charge in [0, 0.05) is 47.4 Å². The first kappa shape index (κ1) is 25.3. The lowest BCUT2D eigenvalue weighted by Gasteiger charge is -2.09. The molecule has 0 amide bonds. The molecule has 204 valence electrons. The van der Waals surface area contributed by atoms with Gasteiger partial charge in [-0.15, -0.1) is 11.3 Å². The molecule has 9 aromatic rings. The number of thiophene rings is 1. The SMILES string of the molecule is CC.N#Cc1ccc2sc3cccc(-c4ccc5c(c4)c4ccccc4n5-c4ccc5oc6ccccc6c5c4)c3c2c1. The first-order valence-corrected chi connectivity index (χ1v) is 15.4. The van der Waals surface area contributed by atoms with Crippen LogP contribution in [-0.4, -0.2) is 4.57 Å². The highest BCUT2D eigenvalue weighted by molar-refractivity contribution is 7.25. The number of para-hydroxylation sites is 2. The van der Waals surface area contributed by atoms with Crippen molar-refractivity contribution in [2.24, 2.45) is 0 Å². The molecule has 0 saturated heterocycles. The Balaban J connectivity index is 0.00000136. The molecule has 3 heterocycles. The lowest BCUT2D eigenvalue weighted by molar-refractivity contribution is 0.669. The first-order chi connectivity index (χ1) is 21.3. The summed E-state index contributed by atoms with van der Waals surface area (Å²) >= 11 is 1.78. The number of nitriles is 1. The zero-order valence-corrected chi connectivity index (χ0v) is 24.6. The third-order valence-corrected chi connectivity index (χ3v) is 9.36. The van der Waals surface area contributed by atoms with Crippen LogP contribution >= 0.6 is 11.3 Å². The maximum absolute atomic E-state index is 9.55. The molecule has 3 nitrogen and oxygen atoms in total. The van der Waals surface area contributed by atoms with Crippen LogP contribution in [0.2, 0.25) is 0 Å². The molecule has 3 aromatic heterocycles. The first-order valence-electron chi connectivity index (χ1n) is 14.6. The third kappa shape index (κ3) is 3.79. The Morgan fingerprint density at radius 3 is 2.28 bits per heavy atom. The number of furan rings is 1. The van der Waals surface area contributed by atoms with E-state index in [0.29, 0.717) is 5.56 Å². The highest BCUT2D eigenvalue weighted by Gasteiger charge is 2.17. The van der Waals surface area contributed by atoms with Crippen molar-refractivity contribution in [2.45, 2.75) is 13.8 Å². The Bertz CT molecular complexity index is 2560. The zero-order valence-electron chi connectivity index (χ0n) is 23.8. The third-order valence-electron chi connectivity index (χ3n) is 8.23. The number of rotatable bonds is 2. The molecule has 0 fully saturated rings. The van der Waals surface area contributed by atoms with Crippen molar-refractivity contribution in [2.75, 3.05) is 0 Å². The smallest absolute Gasteiger partial charge is 0.135 e. The lowest BCUT2D eigenvalue weighted by Crippen LogP contribution is -1.93. The average molecular weight is 571 g/mol. The predicted molar refractivity (Wildman–Crippen MR) is 182 cm³/mol. The van der Waals surface area contributed by atoms with E-state index in [1.54, 1.807) is 11.3 Å². The maximum Gasteiger partial charge on any atom is 0.135 e. The average Bonchev–Trinajstić information content (AvgIpc) is 3.74. The molecule has 0 aliphatic carbocycles. The summed E-state index contributed by atoms with van der Waals surface area (Å²) in [7, 11) is 0. The summed E-state index contributed by atoms with van der Waals surface area (Å²) in [6.45, 7) is 4.00. The molecule has 0 unspecified atom stereocenters. The van der Waals surface area contributed by atoms with Gasteiger partial charge in [0.25, 0.3) is 0 Å². The van der Waals surface area contributed by atoms with Crippen LogP contribution in [0.1, 0.15) is 19.4 Å². The van der Waals surface area contributed by atoms with Crippen molar-refractivity contribution in [3.05, 3.63) is 127 Å². The van der Waals surface area contributed by atoms with E-state index < -0.39 is 0 Å². The normalized spacial score (nSPS) is 11.5. The summed E-state index contributed by atoms with van der Waals surface area (Å²) < 4.78 is 10.9. The van der Waals surface area contributed by atoms with Gasteiger partial charge in [-0.3, -0.25) is 0 Å². The van der Waals surface area contributed by atoms with Crippen molar-refractivity contribution in [3.63, 3.8) is 0 Å². The van der Waals surface area contributed by atoms with Gasteiger partial charge in [-0.25, -0.2) is 0 Å². The van der Waals surface area contributed by atoms with E-state index in [1.165, 1.54) is 42.2 Å². The van der Waals surface area contributed by atoms with Crippen molar-refractivity contribution >= 4 is 75.3 Å². The predicted octanol–water partition coefficient (Wildman–Crippen LogP) is 11.6. The number of hydrogen-bond acceptors (Lipinski definition) is 3. The molecule has 0 spiro atoms. The highest BCUT2D eigenvalue weighted by atomic mass is 32.1. The second-order valence-electron chi connectivity index (χ2n) is 10.5. The van der Waals surface area contributed by atoms with Gasteiger partial charge in [-0.2, -0.15) is 5.26 Å². The number of fused-ring (bicyclic) bond motifs is 9. The molecular weight excluding hydrogens is 545 g/mol. The van der Waals surface area contributed by atoms with Gasteiger partial charge >= 0.3 is 0 Å². The van der Waals surface area contributed by atoms with Crippen LogP contribution in [0.4, 0.5) is 0 Å². The van der Waals surface area contributed by atoms with E-state index in [2.05, 4.69) is 108 Å². The van der Waals surface area contributed by atoms with Gasteiger partial charge in [-0.05, 0) is 77.9 Å². The van der Waals surface area contributed by atoms with Gasteiger partial charge in [0.1, 0.15) is 11.2 Å².